The summed E-state index contributed by atoms with van der Waals surface area (Å²) in [5.74, 6) is 0.946. The first-order valence-electron chi connectivity index (χ1n) is 6.02. The van der Waals surface area contributed by atoms with E-state index in [2.05, 4.69) is 15.5 Å². The lowest BCUT2D eigenvalue weighted by Gasteiger charge is -2.11. The Balaban J connectivity index is 1.81. The molecule has 1 aliphatic rings. The number of fused-ring (bicyclic) bond motifs is 1. The molecule has 1 aliphatic heterocycles. The van der Waals surface area contributed by atoms with Crippen molar-refractivity contribution in [2.24, 2.45) is 5.73 Å². The van der Waals surface area contributed by atoms with Gasteiger partial charge < -0.3 is 11.1 Å². The van der Waals surface area contributed by atoms with E-state index in [0.29, 0.717) is 11.4 Å². The van der Waals surface area contributed by atoms with E-state index in [1.165, 1.54) is 6.20 Å². The number of amides is 1. The van der Waals surface area contributed by atoms with Crippen molar-refractivity contribution in [1.29, 1.82) is 0 Å². The van der Waals surface area contributed by atoms with Gasteiger partial charge in [0.05, 0.1) is 17.7 Å². The summed E-state index contributed by atoms with van der Waals surface area (Å²) < 4.78 is 0. The summed E-state index contributed by atoms with van der Waals surface area (Å²) in [4.78, 5) is 13.8. The Labute approximate surface area is 125 Å². The van der Waals surface area contributed by atoms with Gasteiger partial charge in [-0.25, -0.2) is 0 Å². The van der Waals surface area contributed by atoms with E-state index in [1.54, 1.807) is 11.8 Å². The molecule has 0 aliphatic carbocycles. The molecule has 2 aromatic rings. The number of aromatic amines is 1. The maximum absolute atomic E-state index is 12.4. The highest BCUT2D eigenvalue weighted by atomic mass is 32.2. The first-order valence-corrected chi connectivity index (χ1v) is 7.42. The Kier molecular flexibility index (Phi) is 3.45. The molecule has 0 spiro atoms. The summed E-state index contributed by atoms with van der Waals surface area (Å²) >= 11 is 6.61. The fraction of sp³-hybridized carbons (Fsp3) is 0.154. The van der Waals surface area contributed by atoms with Gasteiger partial charge in [-0.2, -0.15) is 5.10 Å². The molecule has 0 bridgehead atoms. The smallest absolute Gasteiger partial charge is 0.233 e. The van der Waals surface area contributed by atoms with Crippen LogP contribution in [0.4, 0.5) is 5.82 Å². The summed E-state index contributed by atoms with van der Waals surface area (Å²) in [6.07, 6.45) is 1.51. The lowest BCUT2D eigenvalue weighted by Crippen LogP contribution is -2.23. The second-order valence-electron chi connectivity index (χ2n) is 4.41. The zero-order valence-corrected chi connectivity index (χ0v) is 12.1. The van der Waals surface area contributed by atoms with Crippen LogP contribution >= 0.6 is 24.0 Å². The van der Waals surface area contributed by atoms with Crippen molar-refractivity contribution in [1.82, 2.24) is 10.2 Å². The average Bonchev–Trinajstić information content (AvgIpc) is 3.04. The average molecular weight is 304 g/mol. The molecule has 3 rings (SSSR count). The van der Waals surface area contributed by atoms with Crippen LogP contribution in [0.25, 0.3) is 0 Å². The molecule has 1 amide bonds. The van der Waals surface area contributed by atoms with Crippen molar-refractivity contribution in [2.45, 2.75) is 10.8 Å². The summed E-state index contributed by atoms with van der Waals surface area (Å²) in [5.41, 5.74) is 7.19. The molecule has 1 atom stereocenters. The molecule has 1 aromatic carbocycles. The van der Waals surface area contributed by atoms with Gasteiger partial charge in [-0.15, -0.1) is 11.8 Å². The summed E-state index contributed by atoms with van der Waals surface area (Å²) in [6.45, 7) is 0. The lowest BCUT2D eigenvalue weighted by molar-refractivity contribution is -0.117. The van der Waals surface area contributed by atoms with Crippen molar-refractivity contribution in [3.8, 4) is 0 Å². The van der Waals surface area contributed by atoms with Gasteiger partial charge in [0.25, 0.3) is 0 Å². The maximum Gasteiger partial charge on any atom is 0.233 e. The van der Waals surface area contributed by atoms with Crippen LogP contribution in [-0.4, -0.2) is 26.8 Å². The van der Waals surface area contributed by atoms with Gasteiger partial charge in [0.15, 0.2) is 0 Å². The third-order valence-corrected chi connectivity index (χ3v) is 4.57. The quantitative estimate of drug-likeness (QED) is 0.754. The summed E-state index contributed by atoms with van der Waals surface area (Å²) in [6, 6.07) is 7.94. The molecular formula is C13H12N4OS2. The molecule has 1 aromatic heterocycles. The number of anilines is 1. The molecule has 7 heteroatoms. The highest BCUT2D eigenvalue weighted by Gasteiger charge is 2.29. The molecule has 0 fully saturated rings. The zero-order chi connectivity index (χ0) is 14.1. The SMILES string of the molecule is NC(=S)c1cn[nH]c1NC(=O)C1CSc2ccccc21. The van der Waals surface area contributed by atoms with Crippen LogP contribution in [0.15, 0.2) is 35.4 Å². The van der Waals surface area contributed by atoms with Gasteiger partial charge in [-0.3, -0.25) is 9.89 Å². The molecule has 0 saturated carbocycles. The van der Waals surface area contributed by atoms with Gasteiger partial charge in [0.2, 0.25) is 5.91 Å². The Bertz CT molecular complexity index is 683. The minimum absolute atomic E-state index is 0.0794. The molecule has 20 heavy (non-hydrogen) atoms. The third kappa shape index (κ3) is 2.30. The fourth-order valence-electron chi connectivity index (χ4n) is 2.16. The number of hydrogen-bond acceptors (Lipinski definition) is 4. The first-order chi connectivity index (χ1) is 9.66. The van der Waals surface area contributed by atoms with E-state index in [1.807, 2.05) is 24.3 Å². The van der Waals surface area contributed by atoms with Crippen LogP contribution in [-0.2, 0) is 4.79 Å². The monoisotopic (exact) mass is 304 g/mol. The van der Waals surface area contributed by atoms with Crippen molar-refractivity contribution in [3.63, 3.8) is 0 Å². The Morgan fingerprint density at radius 2 is 2.30 bits per heavy atom. The number of aromatic nitrogens is 2. The van der Waals surface area contributed by atoms with Crippen LogP contribution in [0.5, 0.6) is 0 Å². The molecule has 1 unspecified atom stereocenters. The van der Waals surface area contributed by atoms with E-state index < -0.39 is 0 Å². The van der Waals surface area contributed by atoms with Gasteiger partial charge in [0.1, 0.15) is 10.8 Å². The van der Waals surface area contributed by atoms with Crippen LogP contribution in [0, 0.1) is 0 Å². The number of nitrogens with two attached hydrogens (primary N) is 1. The van der Waals surface area contributed by atoms with Gasteiger partial charge in [0, 0.05) is 10.6 Å². The topological polar surface area (TPSA) is 83.8 Å². The summed E-state index contributed by atoms with van der Waals surface area (Å²) in [5, 5.41) is 9.38. The van der Waals surface area contributed by atoms with Gasteiger partial charge >= 0.3 is 0 Å². The number of H-pyrrole nitrogens is 1. The number of benzene rings is 1. The number of thioether (sulfide) groups is 1. The number of carbonyl (C=O) groups is 1. The van der Waals surface area contributed by atoms with Crippen LogP contribution in [0.1, 0.15) is 17.0 Å². The van der Waals surface area contributed by atoms with Crippen molar-refractivity contribution in [3.05, 3.63) is 41.6 Å². The van der Waals surface area contributed by atoms with Crippen LogP contribution in [0.3, 0.4) is 0 Å². The standard InChI is InChI=1S/C13H12N4OS2/c14-11(19)8-5-15-17-12(8)16-13(18)9-6-20-10-4-2-1-3-7(9)10/h1-5,9H,6H2,(H2,14,19)(H2,15,16,17,18). The fourth-order valence-corrected chi connectivity index (χ4v) is 3.54. The Hall–Kier alpha value is -1.86. The van der Waals surface area contributed by atoms with Crippen LogP contribution < -0.4 is 11.1 Å². The number of nitrogens with one attached hydrogen (secondary N) is 2. The number of thiocarbonyl (C=S) groups is 1. The second kappa shape index (κ2) is 5.26. The highest BCUT2D eigenvalue weighted by Crippen LogP contribution is 2.39. The lowest BCUT2D eigenvalue weighted by atomic mass is 10.0. The first kappa shape index (κ1) is 13.1. The molecule has 102 valence electrons. The van der Waals surface area contributed by atoms with E-state index in [9.17, 15) is 4.79 Å². The molecule has 4 N–H and O–H groups in total. The van der Waals surface area contributed by atoms with Crippen LogP contribution in [0.2, 0.25) is 0 Å². The van der Waals surface area contributed by atoms with E-state index in [0.717, 1.165) is 16.2 Å². The number of rotatable bonds is 3. The Morgan fingerprint density at radius 3 is 3.10 bits per heavy atom. The minimum Gasteiger partial charge on any atom is -0.389 e. The number of carbonyl (C=O) groups excluding carboxylic acids is 1. The van der Waals surface area contributed by atoms with Crippen molar-refractivity contribution < 1.29 is 4.79 Å². The number of hydrogen-bond donors (Lipinski definition) is 3. The molecule has 0 radical (unpaired) electrons. The van der Waals surface area contributed by atoms with Crippen molar-refractivity contribution in [2.75, 3.05) is 11.1 Å². The van der Waals surface area contributed by atoms with E-state index >= 15 is 0 Å². The predicted octanol–water partition coefficient (Wildman–Crippen LogP) is 1.87. The summed E-state index contributed by atoms with van der Waals surface area (Å²) in [7, 11) is 0. The van der Waals surface area contributed by atoms with Crippen molar-refractivity contribution >= 4 is 40.7 Å². The largest absolute Gasteiger partial charge is 0.389 e. The molecular weight excluding hydrogens is 292 g/mol. The number of nitrogens with zero attached hydrogens (tertiary/aromatic N) is 1. The Morgan fingerprint density at radius 1 is 1.50 bits per heavy atom. The van der Waals surface area contributed by atoms with E-state index in [-0.39, 0.29) is 16.8 Å². The third-order valence-electron chi connectivity index (χ3n) is 3.17. The predicted molar refractivity (Wildman–Crippen MR) is 83.0 cm³/mol. The molecule has 0 saturated heterocycles. The van der Waals surface area contributed by atoms with Gasteiger partial charge in [-0.05, 0) is 11.6 Å². The zero-order valence-electron chi connectivity index (χ0n) is 10.4. The normalized spacial score (nSPS) is 16.7. The maximum atomic E-state index is 12.4. The minimum atomic E-state index is -0.168. The van der Waals surface area contributed by atoms with E-state index in [4.69, 9.17) is 18.0 Å². The molecule has 2 heterocycles. The molecule has 5 nitrogen and oxygen atoms in total. The second-order valence-corrected chi connectivity index (χ2v) is 5.92. The highest BCUT2D eigenvalue weighted by molar-refractivity contribution is 7.99. The van der Waals surface area contributed by atoms with Gasteiger partial charge in [-0.1, -0.05) is 30.4 Å².